The minimum atomic E-state index is 0.113. The van der Waals surface area contributed by atoms with E-state index in [-0.39, 0.29) is 6.04 Å². The molecule has 4 rings (SSSR count). The molecule has 2 N–H and O–H groups in total. The molecule has 0 spiro atoms. The Kier molecular flexibility index (Phi) is 5.01. The monoisotopic (exact) mass is 360 g/mol. The highest BCUT2D eigenvalue weighted by Gasteiger charge is 2.34. The highest BCUT2D eigenvalue weighted by Crippen LogP contribution is 2.20. The van der Waals surface area contributed by atoms with Crippen molar-refractivity contribution < 1.29 is 14.6 Å². The van der Waals surface area contributed by atoms with Crippen molar-refractivity contribution in [3.63, 3.8) is 0 Å². The largest absolute Gasteiger partial charge is 0.338 e. The fourth-order valence-electron chi connectivity index (χ4n) is 4.13. The Morgan fingerprint density at radius 2 is 1.92 bits per heavy atom. The third-order valence-electron chi connectivity index (χ3n) is 5.74. The van der Waals surface area contributed by atoms with Crippen LogP contribution >= 0.6 is 11.3 Å². The van der Waals surface area contributed by atoms with Crippen LogP contribution in [0.4, 0.5) is 0 Å². The Labute approximate surface area is 153 Å². The number of carbonyl (C=O) groups excluding carboxylic acids is 1. The zero-order valence-corrected chi connectivity index (χ0v) is 15.8. The van der Waals surface area contributed by atoms with Gasteiger partial charge in [-0.2, -0.15) is 0 Å². The van der Waals surface area contributed by atoms with Crippen LogP contribution in [-0.2, 0) is 11.3 Å². The molecule has 1 aromatic heterocycles. The van der Waals surface area contributed by atoms with Gasteiger partial charge < -0.3 is 14.7 Å². The number of hydrogen-bond acceptors (Lipinski definition) is 3. The lowest BCUT2D eigenvalue weighted by atomic mass is 10.2. The molecule has 0 unspecified atom stereocenters. The van der Waals surface area contributed by atoms with Crippen molar-refractivity contribution in [2.75, 3.05) is 39.3 Å². The summed E-state index contributed by atoms with van der Waals surface area (Å²) in [5.41, 5.74) is 1.12. The molecule has 2 aromatic rings. The van der Waals surface area contributed by atoms with Crippen LogP contribution in [0.5, 0.6) is 0 Å². The molecule has 134 valence electrons. The van der Waals surface area contributed by atoms with E-state index >= 15 is 0 Å². The molecule has 2 aliphatic heterocycles. The maximum absolute atomic E-state index is 12.6. The van der Waals surface area contributed by atoms with E-state index in [9.17, 15) is 4.79 Å². The van der Waals surface area contributed by atoms with Gasteiger partial charge in [0.1, 0.15) is 37.7 Å². The second kappa shape index (κ2) is 7.40. The number of nitrogens with zero attached hydrogens (tertiary/aromatic N) is 2. The number of hydrogen-bond donors (Lipinski definition) is 2. The van der Waals surface area contributed by atoms with E-state index in [2.05, 4.69) is 36.1 Å². The lowest BCUT2D eigenvalue weighted by Crippen LogP contribution is -3.29. The third kappa shape index (κ3) is 3.71. The first-order valence-corrected chi connectivity index (χ1v) is 10.3. The lowest BCUT2D eigenvalue weighted by molar-refractivity contribution is -1.02. The number of piperazine rings is 1. The van der Waals surface area contributed by atoms with Crippen molar-refractivity contribution in [1.29, 1.82) is 0 Å². The molecular weight excluding hydrogens is 332 g/mol. The van der Waals surface area contributed by atoms with Gasteiger partial charge in [0.2, 0.25) is 0 Å². The van der Waals surface area contributed by atoms with E-state index in [4.69, 9.17) is 4.98 Å². The second-order valence-corrected chi connectivity index (χ2v) is 8.53. The van der Waals surface area contributed by atoms with Gasteiger partial charge in [-0.15, -0.1) is 11.3 Å². The van der Waals surface area contributed by atoms with Crippen molar-refractivity contribution in [3.8, 4) is 0 Å². The molecule has 2 fully saturated rings. The summed E-state index contributed by atoms with van der Waals surface area (Å²) in [7, 11) is 0. The standard InChI is InChI=1S/C19H26N4OS/c1-15(19(24)23-8-4-5-9-23)22-12-10-21(11-13-22)14-18-20-16-6-2-3-7-17(16)25-18/h2-3,6-7,15H,4-5,8-14H2,1H3/p+2/t15-/m1/s1. The van der Waals surface area contributed by atoms with Gasteiger partial charge in [-0.3, -0.25) is 4.79 Å². The molecule has 25 heavy (non-hydrogen) atoms. The number of nitrogens with one attached hydrogen (secondary N) is 2. The van der Waals surface area contributed by atoms with Crippen LogP contribution < -0.4 is 9.80 Å². The molecule has 5 nitrogen and oxygen atoms in total. The SMILES string of the molecule is C[C@H](C(=O)N1CCCC1)[NH+]1CC[NH+](Cc2nc3ccccc3s2)CC1. The first kappa shape index (κ1) is 16.9. The Morgan fingerprint density at radius 3 is 2.64 bits per heavy atom. The van der Waals surface area contributed by atoms with Crippen LogP contribution in [0.1, 0.15) is 24.8 Å². The number of carbonyl (C=O) groups is 1. The Morgan fingerprint density at radius 1 is 1.20 bits per heavy atom. The first-order valence-electron chi connectivity index (χ1n) is 9.52. The molecule has 0 aliphatic carbocycles. The van der Waals surface area contributed by atoms with Gasteiger partial charge in [-0.05, 0) is 31.9 Å². The smallest absolute Gasteiger partial charge is 0.280 e. The number of para-hydroxylation sites is 1. The van der Waals surface area contributed by atoms with E-state index < -0.39 is 0 Å². The van der Waals surface area contributed by atoms with E-state index in [0.717, 1.165) is 51.3 Å². The topological polar surface area (TPSA) is 42.1 Å². The van der Waals surface area contributed by atoms with Crippen LogP contribution in [0, 0.1) is 0 Å². The summed E-state index contributed by atoms with van der Waals surface area (Å²) in [6, 6.07) is 8.50. The van der Waals surface area contributed by atoms with Gasteiger partial charge in [0.05, 0.1) is 10.2 Å². The minimum absolute atomic E-state index is 0.113. The van der Waals surface area contributed by atoms with Crippen LogP contribution in [0.25, 0.3) is 10.2 Å². The summed E-state index contributed by atoms with van der Waals surface area (Å²) in [6.07, 6.45) is 2.35. The number of aromatic nitrogens is 1. The lowest BCUT2D eigenvalue weighted by Gasteiger charge is -2.33. The molecule has 1 atom stereocenters. The molecule has 0 saturated carbocycles. The van der Waals surface area contributed by atoms with Crippen LogP contribution in [0.3, 0.4) is 0 Å². The first-order chi connectivity index (χ1) is 12.2. The van der Waals surface area contributed by atoms with Crippen LogP contribution in [-0.4, -0.2) is 61.1 Å². The van der Waals surface area contributed by atoms with Crippen molar-refractivity contribution in [2.45, 2.75) is 32.4 Å². The van der Waals surface area contributed by atoms with E-state index in [1.54, 1.807) is 4.90 Å². The average molecular weight is 361 g/mol. The fraction of sp³-hybridized carbons (Fsp3) is 0.579. The normalized spacial score (nSPS) is 25.4. The molecule has 6 heteroatoms. The Balaban J connectivity index is 1.31. The number of fused-ring (bicyclic) bond motifs is 1. The summed E-state index contributed by atoms with van der Waals surface area (Å²) in [5.74, 6) is 0.363. The van der Waals surface area contributed by atoms with Crippen molar-refractivity contribution >= 4 is 27.5 Å². The van der Waals surface area contributed by atoms with E-state index in [1.807, 2.05) is 11.3 Å². The van der Waals surface area contributed by atoms with Crippen molar-refractivity contribution in [2.24, 2.45) is 0 Å². The summed E-state index contributed by atoms with van der Waals surface area (Å²) >= 11 is 1.82. The molecule has 3 heterocycles. The number of quaternary nitrogens is 2. The number of rotatable bonds is 4. The summed E-state index contributed by atoms with van der Waals surface area (Å²) in [6.45, 7) is 9.49. The van der Waals surface area contributed by atoms with Crippen molar-refractivity contribution in [3.05, 3.63) is 29.3 Å². The summed E-state index contributed by atoms with van der Waals surface area (Å²) in [4.78, 5) is 22.5. The maximum atomic E-state index is 12.6. The van der Waals surface area contributed by atoms with E-state index in [1.165, 1.54) is 27.4 Å². The number of benzene rings is 1. The fourth-order valence-corrected chi connectivity index (χ4v) is 5.17. The quantitative estimate of drug-likeness (QED) is 0.779. The average Bonchev–Trinajstić information content (AvgIpc) is 3.30. The predicted molar refractivity (Wildman–Crippen MR) is 100.0 cm³/mol. The van der Waals surface area contributed by atoms with Gasteiger partial charge in [0, 0.05) is 13.1 Å². The zero-order valence-electron chi connectivity index (χ0n) is 15.0. The van der Waals surface area contributed by atoms with Crippen LogP contribution in [0.15, 0.2) is 24.3 Å². The second-order valence-electron chi connectivity index (χ2n) is 7.41. The van der Waals surface area contributed by atoms with Crippen molar-refractivity contribution in [1.82, 2.24) is 9.88 Å². The molecule has 2 aliphatic rings. The van der Waals surface area contributed by atoms with Gasteiger partial charge in [-0.25, -0.2) is 4.98 Å². The molecule has 1 aromatic carbocycles. The number of likely N-dealkylation sites (tertiary alicyclic amines) is 1. The van der Waals surface area contributed by atoms with Crippen LogP contribution in [0.2, 0.25) is 0 Å². The summed E-state index contributed by atoms with van der Waals surface area (Å²) in [5, 5.41) is 1.24. The van der Waals surface area contributed by atoms with Gasteiger partial charge in [0.25, 0.3) is 5.91 Å². The molecule has 2 saturated heterocycles. The van der Waals surface area contributed by atoms with Gasteiger partial charge >= 0.3 is 0 Å². The maximum Gasteiger partial charge on any atom is 0.280 e. The molecule has 0 radical (unpaired) electrons. The summed E-state index contributed by atoms with van der Waals surface area (Å²) < 4.78 is 1.28. The number of thiazole rings is 1. The van der Waals surface area contributed by atoms with Gasteiger partial charge in [-0.1, -0.05) is 12.1 Å². The molecule has 1 amide bonds. The molecule has 0 bridgehead atoms. The van der Waals surface area contributed by atoms with Gasteiger partial charge in [0.15, 0.2) is 6.04 Å². The Bertz CT molecular complexity index is 699. The highest BCUT2D eigenvalue weighted by molar-refractivity contribution is 7.18. The third-order valence-corrected chi connectivity index (χ3v) is 6.78. The number of amides is 1. The predicted octanol–water partition coefficient (Wildman–Crippen LogP) is -0.409. The highest BCUT2D eigenvalue weighted by atomic mass is 32.1. The molecular formula is C19H28N4OS+2. The minimum Gasteiger partial charge on any atom is -0.338 e. The Hall–Kier alpha value is -1.50. The van der Waals surface area contributed by atoms with E-state index in [0.29, 0.717) is 5.91 Å². The zero-order chi connectivity index (χ0) is 17.2.